The topological polar surface area (TPSA) is 71.3 Å². The van der Waals surface area contributed by atoms with Crippen LogP contribution in [0.3, 0.4) is 0 Å². The normalized spacial score (nSPS) is 36.3. The van der Waals surface area contributed by atoms with Gasteiger partial charge in [0, 0.05) is 13.0 Å². The van der Waals surface area contributed by atoms with Crippen molar-refractivity contribution >= 4 is 5.71 Å². The number of aliphatic hydroxyl groups excluding tert-OH is 2. The van der Waals surface area contributed by atoms with E-state index < -0.39 is 12.2 Å². The minimum Gasteiger partial charge on any atom is -0.396 e. The standard InChI is InChI=1S/C28H45NO4/c1-6-14-33-29-20(3)18-32-17-19(2)25-11-12-26-22(8-7-13-28(25,26)5)9-10-23-15-24(30)16-27(31)21(23)4/h9-10,19,24-27,30-31H,4,6-8,11-18H2,1-3,5H3/b22-9+,23-10-,29-20-/t19-,24-,25-,26+,27+,28-/m1/s1. The second-order valence-corrected chi connectivity index (χ2v) is 10.8. The molecule has 0 spiro atoms. The number of ether oxygens (including phenoxy) is 1. The Morgan fingerprint density at radius 2 is 2.09 bits per heavy atom. The van der Waals surface area contributed by atoms with Gasteiger partial charge in [-0.3, -0.25) is 0 Å². The van der Waals surface area contributed by atoms with E-state index in [0.717, 1.165) is 36.3 Å². The van der Waals surface area contributed by atoms with Crippen molar-refractivity contribution in [2.45, 2.75) is 91.3 Å². The quantitative estimate of drug-likeness (QED) is 0.268. The molecule has 5 heteroatoms. The zero-order valence-corrected chi connectivity index (χ0v) is 21.2. The highest BCUT2D eigenvalue weighted by atomic mass is 16.6. The van der Waals surface area contributed by atoms with Crippen LogP contribution in [0.5, 0.6) is 0 Å². The summed E-state index contributed by atoms with van der Waals surface area (Å²) in [5.41, 5.74) is 4.50. The molecule has 0 aromatic heterocycles. The first-order chi connectivity index (χ1) is 15.8. The molecule has 0 heterocycles. The first kappa shape index (κ1) is 26.2. The molecular weight excluding hydrogens is 414 g/mol. The molecule has 33 heavy (non-hydrogen) atoms. The summed E-state index contributed by atoms with van der Waals surface area (Å²) in [4.78, 5) is 5.25. The molecule has 0 unspecified atom stereocenters. The van der Waals surface area contributed by atoms with Crippen LogP contribution in [0.4, 0.5) is 0 Å². The molecule has 3 fully saturated rings. The number of oxime groups is 1. The van der Waals surface area contributed by atoms with Crippen LogP contribution in [-0.2, 0) is 9.57 Å². The second-order valence-electron chi connectivity index (χ2n) is 10.8. The lowest BCUT2D eigenvalue weighted by Crippen LogP contribution is -2.37. The summed E-state index contributed by atoms with van der Waals surface area (Å²) in [6.07, 6.45) is 11.4. The minimum absolute atomic E-state index is 0.307. The second kappa shape index (κ2) is 11.8. The highest BCUT2D eigenvalue weighted by Gasteiger charge is 2.50. The number of fused-ring (bicyclic) bond motifs is 1. The molecule has 2 N–H and O–H groups in total. The Hall–Kier alpha value is -1.43. The van der Waals surface area contributed by atoms with Crippen LogP contribution >= 0.6 is 0 Å². The summed E-state index contributed by atoms with van der Waals surface area (Å²) < 4.78 is 6.02. The van der Waals surface area contributed by atoms with Gasteiger partial charge in [0.2, 0.25) is 0 Å². The van der Waals surface area contributed by atoms with Gasteiger partial charge in [0.05, 0.1) is 24.5 Å². The van der Waals surface area contributed by atoms with Gasteiger partial charge in [-0.05, 0) is 86.2 Å². The molecule has 0 radical (unpaired) electrons. The van der Waals surface area contributed by atoms with Crippen molar-refractivity contribution in [2.75, 3.05) is 19.8 Å². The predicted octanol–water partition coefficient (Wildman–Crippen LogP) is 5.58. The van der Waals surface area contributed by atoms with Gasteiger partial charge in [0.1, 0.15) is 6.61 Å². The third kappa shape index (κ3) is 6.37. The predicted molar refractivity (Wildman–Crippen MR) is 134 cm³/mol. The van der Waals surface area contributed by atoms with Gasteiger partial charge in [-0.1, -0.05) is 50.2 Å². The van der Waals surface area contributed by atoms with Crippen LogP contribution in [0.25, 0.3) is 0 Å². The Balaban J connectivity index is 1.62. The Labute approximate surface area is 200 Å². The summed E-state index contributed by atoms with van der Waals surface area (Å²) in [7, 11) is 0. The molecule has 0 amide bonds. The minimum atomic E-state index is -0.626. The van der Waals surface area contributed by atoms with Crippen LogP contribution in [0, 0.1) is 23.2 Å². The van der Waals surface area contributed by atoms with Crippen molar-refractivity contribution in [3.05, 3.63) is 35.5 Å². The zero-order valence-electron chi connectivity index (χ0n) is 21.2. The molecule has 5 nitrogen and oxygen atoms in total. The van der Waals surface area contributed by atoms with Crippen molar-refractivity contribution < 1.29 is 19.8 Å². The fourth-order valence-corrected chi connectivity index (χ4v) is 6.46. The smallest absolute Gasteiger partial charge is 0.116 e. The third-order valence-corrected chi connectivity index (χ3v) is 8.20. The average Bonchev–Trinajstić information content (AvgIpc) is 3.13. The lowest BCUT2D eigenvalue weighted by molar-refractivity contribution is 0.0446. The maximum atomic E-state index is 10.2. The van der Waals surface area contributed by atoms with E-state index in [-0.39, 0.29) is 0 Å². The van der Waals surface area contributed by atoms with Gasteiger partial charge < -0.3 is 19.8 Å². The molecule has 0 aromatic carbocycles. The van der Waals surface area contributed by atoms with E-state index in [1.807, 2.05) is 6.92 Å². The Kier molecular flexibility index (Phi) is 9.37. The Bertz CT molecular complexity index is 770. The molecule has 3 aliphatic carbocycles. The van der Waals surface area contributed by atoms with Crippen molar-refractivity contribution in [3.63, 3.8) is 0 Å². The lowest BCUT2D eigenvalue weighted by Gasteiger charge is -2.44. The number of hydrogen-bond acceptors (Lipinski definition) is 5. The molecule has 3 rings (SSSR count). The van der Waals surface area contributed by atoms with E-state index in [2.05, 4.69) is 44.7 Å². The molecular formula is C28H45NO4. The van der Waals surface area contributed by atoms with Crippen molar-refractivity contribution in [1.29, 1.82) is 0 Å². The van der Waals surface area contributed by atoms with Crippen LogP contribution in [0.1, 0.15) is 79.1 Å². The maximum Gasteiger partial charge on any atom is 0.116 e. The summed E-state index contributed by atoms with van der Waals surface area (Å²) in [5.74, 6) is 1.76. The highest BCUT2D eigenvalue weighted by molar-refractivity contribution is 5.82. The van der Waals surface area contributed by atoms with E-state index >= 15 is 0 Å². The van der Waals surface area contributed by atoms with Crippen molar-refractivity contribution in [1.82, 2.24) is 0 Å². The zero-order chi connectivity index (χ0) is 24.0. The van der Waals surface area contributed by atoms with E-state index in [9.17, 15) is 10.2 Å². The molecule has 0 aliphatic heterocycles. The Morgan fingerprint density at radius 3 is 2.85 bits per heavy atom. The maximum absolute atomic E-state index is 10.2. The van der Waals surface area contributed by atoms with Crippen LogP contribution < -0.4 is 0 Å². The van der Waals surface area contributed by atoms with Gasteiger partial charge >= 0.3 is 0 Å². The summed E-state index contributed by atoms with van der Waals surface area (Å²) in [6, 6.07) is 0. The first-order valence-corrected chi connectivity index (χ1v) is 12.9. The number of nitrogens with zero attached hydrogens (tertiary/aromatic N) is 1. The largest absolute Gasteiger partial charge is 0.396 e. The lowest BCUT2D eigenvalue weighted by atomic mass is 9.61. The number of aliphatic hydroxyl groups is 2. The third-order valence-electron chi connectivity index (χ3n) is 8.20. The fraction of sp³-hybridized carbons (Fsp3) is 0.750. The van der Waals surface area contributed by atoms with E-state index in [0.29, 0.717) is 49.2 Å². The first-order valence-electron chi connectivity index (χ1n) is 12.9. The molecule has 3 aliphatic rings. The average molecular weight is 460 g/mol. The molecule has 3 saturated carbocycles. The SMILES string of the molecule is C=C1/C(=C\C=C2/CCC[C@]3(C)[C@@H]([C@H](C)COC/C(C)=N\OCCC)CC[C@@H]23)C[C@@H](O)C[C@@H]1O. The van der Waals surface area contributed by atoms with Gasteiger partial charge in [-0.25, -0.2) is 0 Å². The van der Waals surface area contributed by atoms with Crippen LogP contribution in [-0.4, -0.2) is 48.0 Å². The van der Waals surface area contributed by atoms with Gasteiger partial charge in [-0.2, -0.15) is 0 Å². The Morgan fingerprint density at radius 1 is 1.30 bits per heavy atom. The van der Waals surface area contributed by atoms with Gasteiger partial charge in [0.25, 0.3) is 0 Å². The summed E-state index contributed by atoms with van der Waals surface area (Å²) in [6.45, 7) is 14.9. The summed E-state index contributed by atoms with van der Waals surface area (Å²) in [5, 5.41) is 24.3. The van der Waals surface area contributed by atoms with Gasteiger partial charge in [-0.15, -0.1) is 0 Å². The van der Waals surface area contributed by atoms with Crippen LogP contribution in [0.2, 0.25) is 0 Å². The number of allylic oxidation sites excluding steroid dienone is 3. The summed E-state index contributed by atoms with van der Waals surface area (Å²) >= 11 is 0. The van der Waals surface area contributed by atoms with Crippen molar-refractivity contribution in [3.8, 4) is 0 Å². The van der Waals surface area contributed by atoms with Gasteiger partial charge in [0.15, 0.2) is 0 Å². The fourth-order valence-electron chi connectivity index (χ4n) is 6.46. The van der Waals surface area contributed by atoms with Crippen LogP contribution in [0.15, 0.2) is 40.6 Å². The molecule has 0 saturated heterocycles. The number of rotatable bonds is 9. The van der Waals surface area contributed by atoms with E-state index in [4.69, 9.17) is 9.57 Å². The highest BCUT2D eigenvalue weighted by Crippen LogP contribution is 2.59. The molecule has 186 valence electrons. The molecule has 6 atom stereocenters. The van der Waals surface area contributed by atoms with E-state index in [1.165, 1.54) is 31.3 Å². The van der Waals surface area contributed by atoms with E-state index in [1.54, 1.807) is 0 Å². The molecule has 0 aromatic rings. The number of hydrogen-bond donors (Lipinski definition) is 2. The molecule has 0 bridgehead atoms. The monoisotopic (exact) mass is 459 g/mol. The van der Waals surface area contributed by atoms with Crippen molar-refractivity contribution in [2.24, 2.45) is 28.3 Å².